The fraction of sp³-hybridized carbons (Fsp3) is 0.211. The van der Waals surface area contributed by atoms with Crippen LogP contribution in [0.15, 0.2) is 47.6 Å². The van der Waals surface area contributed by atoms with Gasteiger partial charge in [-0.3, -0.25) is 9.59 Å². The molecule has 0 radical (unpaired) electrons. The van der Waals surface area contributed by atoms with Gasteiger partial charge >= 0.3 is 11.8 Å². The molecule has 1 aliphatic rings. The summed E-state index contributed by atoms with van der Waals surface area (Å²) in [6.45, 7) is 0.333. The molecule has 0 unspecified atom stereocenters. The van der Waals surface area contributed by atoms with Crippen LogP contribution in [0.4, 0.5) is 0 Å². The molecule has 140 valence electrons. The lowest BCUT2D eigenvalue weighted by Crippen LogP contribution is -2.38. The van der Waals surface area contributed by atoms with Crippen LogP contribution in [0.5, 0.6) is 5.75 Å². The third kappa shape index (κ3) is 5.70. The molecular weight excluding hydrogens is 389 g/mol. The molecule has 0 aliphatic heterocycles. The molecule has 1 aliphatic carbocycles. The van der Waals surface area contributed by atoms with Crippen LogP contribution in [0.2, 0.25) is 10.0 Å². The Hall–Kier alpha value is -2.57. The molecule has 6 nitrogen and oxygen atoms in total. The van der Waals surface area contributed by atoms with E-state index in [1.165, 1.54) is 6.21 Å². The van der Waals surface area contributed by atoms with Crippen molar-refractivity contribution < 1.29 is 14.3 Å². The Labute approximate surface area is 166 Å². The van der Waals surface area contributed by atoms with Crippen LogP contribution < -0.4 is 15.5 Å². The molecule has 0 bridgehead atoms. The first kappa shape index (κ1) is 19.2. The Morgan fingerprint density at radius 3 is 2.41 bits per heavy atom. The summed E-state index contributed by atoms with van der Waals surface area (Å²) in [7, 11) is 0. The number of hydrazone groups is 1. The lowest BCUT2D eigenvalue weighted by atomic mass is 10.2. The van der Waals surface area contributed by atoms with Gasteiger partial charge in [-0.15, -0.1) is 0 Å². The molecule has 0 atom stereocenters. The van der Waals surface area contributed by atoms with E-state index in [0.717, 1.165) is 18.4 Å². The molecule has 0 aromatic heterocycles. The van der Waals surface area contributed by atoms with Crippen LogP contribution >= 0.6 is 23.2 Å². The molecule has 1 saturated carbocycles. The van der Waals surface area contributed by atoms with E-state index in [9.17, 15) is 9.59 Å². The van der Waals surface area contributed by atoms with Crippen LogP contribution in [0.1, 0.15) is 24.0 Å². The zero-order valence-corrected chi connectivity index (χ0v) is 15.8. The van der Waals surface area contributed by atoms with E-state index < -0.39 is 11.8 Å². The van der Waals surface area contributed by atoms with Crippen molar-refractivity contribution in [3.63, 3.8) is 0 Å². The first-order valence-electron chi connectivity index (χ1n) is 8.32. The Morgan fingerprint density at radius 1 is 1.11 bits per heavy atom. The third-order valence-corrected chi connectivity index (χ3v) is 4.31. The van der Waals surface area contributed by atoms with Gasteiger partial charge in [0.05, 0.1) is 16.3 Å². The maximum Gasteiger partial charge on any atom is 0.329 e. The molecule has 2 aromatic rings. The largest absolute Gasteiger partial charge is 0.486 e. The summed E-state index contributed by atoms with van der Waals surface area (Å²) in [5, 5.41) is 6.96. The Kier molecular flexibility index (Phi) is 6.32. The highest BCUT2D eigenvalue weighted by Gasteiger charge is 2.26. The molecule has 1 fully saturated rings. The standard InChI is InChI=1S/C19H17Cl2N3O3/c20-15-8-13(10-22-24-19(26)18(25)23-14-6-7-14)9-16(21)17(15)27-11-12-4-2-1-3-5-12/h1-5,8-10,14H,6-7,11H2,(H,23,25)(H,24,26)/b22-10-. The summed E-state index contributed by atoms with van der Waals surface area (Å²) in [6.07, 6.45) is 3.15. The molecule has 2 N–H and O–H groups in total. The number of hydrogen-bond donors (Lipinski definition) is 2. The minimum Gasteiger partial charge on any atom is -0.486 e. The minimum absolute atomic E-state index is 0.105. The van der Waals surface area contributed by atoms with Crippen LogP contribution in [0.3, 0.4) is 0 Å². The SMILES string of the molecule is O=C(N/N=C\c1cc(Cl)c(OCc2ccccc2)c(Cl)c1)C(=O)NC1CC1. The van der Waals surface area contributed by atoms with Gasteiger partial charge in [0.15, 0.2) is 5.75 Å². The number of benzene rings is 2. The van der Waals surface area contributed by atoms with E-state index in [0.29, 0.717) is 28.0 Å². The number of hydrogen-bond acceptors (Lipinski definition) is 4. The number of halogens is 2. The predicted octanol–water partition coefficient (Wildman–Crippen LogP) is 3.30. The maximum atomic E-state index is 11.6. The average molecular weight is 406 g/mol. The first-order valence-corrected chi connectivity index (χ1v) is 9.08. The molecule has 8 heteroatoms. The fourth-order valence-electron chi connectivity index (χ4n) is 2.22. The van der Waals surface area contributed by atoms with E-state index in [1.54, 1.807) is 12.1 Å². The summed E-state index contributed by atoms with van der Waals surface area (Å²) in [6, 6.07) is 12.9. The molecular formula is C19H17Cl2N3O3. The lowest BCUT2D eigenvalue weighted by molar-refractivity contribution is -0.139. The fourth-order valence-corrected chi connectivity index (χ4v) is 2.83. The second kappa shape index (κ2) is 8.88. The van der Waals surface area contributed by atoms with Gasteiger partial charge in [0.25, 0.3) is 0 Å². The van der Waals surface area contributed by atoms with Gasteiger partial charge < -0.3 is 10.1 Å². The molecule has 2 amide bonds. The molecule has 0 spiro atoms. The average Bonchev–Trinajstić information content (AvgIpc) is 3.45. The van der Waals surface area contributed by atoms with E-state index in [1.807, 2.05) is 30.3 Å². The van der Waals surface area contributed by atoms with Gasteiger partial charge in [0.1, 0.15) is 6.61 Å². The summed E-state index contributed by atoms with van der Waals surface area (Å²) in [5.74, 6) is -1.15. The van der Waals surface area contributed by atoms with Crippen molar-refractivity contribution in [1.29, 1.82) is 0 Å². The zero-order chi connectivity index (χ0) is 19.2. The van der Waals surface area contributed by atoms with Crippen molar-refractivity contribution in [2.24, 2.45) is 5.10 Å². The van der Waals surface area contributed by atoms with Gasteiger partial charge in [-0.1, -0.05) is 53.5 Å². The van der Waals surface area contributed by atoms with Gasteiger partial charge in [-0.25, -0.2) is 5.43 Å². The Balaban J connectivity index is 1.58. The molecule has 0 heterocycles. The van der Waals surface area contributed by atoms with Crippen LogP contribution in [-0.2, 0) is 16.2 Å². The number of rotatable bonds is 6. The molecule has 2 aromatic carbocycles. The molecule has 27 heavy (non-hydrogen) atoms. The monoisotopic (exact) mass is 405 g/mol. The highest BCUT2D eigenvalue weighted by Crippen LogP contribution is 2.34. The Bertz CT molecular complexity index is 845. The minimum atomic E-state index is -0.821. The summed E-state index contributed by atoms with van der Waals surface area (Å²) >= 11 is 12.5. The summed E-state index contributed by atoms with van der Waals surface area (Å²) in [5.41, 5.74) is 3.71. The topological polar surface area (TPSA) is 79.8 Å². The predicted molar refractivity (Wildman–Crippen MR) is 104 cm³/mol. The normalized spacial score (nSPS) is 13.4. The number of nitrogens with zero attached hydrogens (tertiary/aromatic N) is 1. The van der Waals surface area contributed by atoms with Crippen molar-refractivity contribution in [1.82, 2.24) is 10.7 Å². The molecule has 0 saturated heterocycles. The van der Waals surface area contributed by atoms with Gasteiger partial charge in [0.2, 0.25) is 0 Å². The zero-order valence-electron chi connectivity index (χ0n) is 14.2. The van der Waals surface area contributed by atoms with Crippen molar-refractivity contribution in [2.75, 3.05) is 0 Å². The third-order valence-electron chi connectivity index (χ3n) is 3.75. The number of nitrogens with one attached hydrogen (secondary N) is 2. The van der Waals surface area contributed by atoms with Crippen LogP contribution in [-0.4, -0.2) is 24.1 Å². The van der Waals surface area contributed by atoms with Crippen molar-refractivity contribution in [2.45, 2.75) is 25.5 Å². The van der Waals surface area contributed by atoms with E-state index in [-0.39, 0.29) is 6.04 Å². The molecule has 3 rings (SSSR count). The highest BCUT2D eigenvalue weighted by atomic mass is 35.5. The van der Waals surface area contributed by atoms with E-state index >= 15 is 0 Å². The number of carbonyl (C=O) groups is 2. The summed E-state index contributed by atoms with van der Waals surface area (Å²) in [4.78, 5) is 23.1. The highest BCUT2D eigenvalue weighted by molar-refractivity contribution is 6.37. The van der Waals surface area contributed by atoms with Gasteiger partial charge in [-0.2, -0.15) is 5.10 Å². The Morgan fingerprint density at radius 2 is 1.78 bits per heavy atom. The first-order chi connectivity index (χ1) is 13.0. The van der Waals surface area contributed by atoms with E-state index in [2.05, 4.69) is 15.8 Å². The maximum absolute atomic E-state index is 11.6. The number of amides is 2. The second-order valence-corrected chi connectivity index (χ2v) is 6.85. The number of ether oxygens (including phenoxy) is 1. The van der Waals surface area contributed by atoms with Crippen molar-refractivity contribution in [3.05, 3.63) is 63.6 Å². The quantitative estimate of drug-likeness (QED) is 0.439. The lowest BCUT2D eigenvalue weighted by Gasteiger charge is -2.11. The van der Waals surface area contributed by atoms with Crippen molar-refractivity contribution in [3.8, 4) is 5.75 Å². The van der Waals surface area contributed by atoms with E-state index in [4.69, 9.17) is 27.9 Å². The second-order valence-electron chi connectivity index (χ2n) is 6.03. The smallest absolute Gasteiger partial charge is 0.329 e. The van der Waals surface area contributed by atoms with Crippen LogP contribution in [0.25, 0.3) is 0 Å². The van der Waals surface area contributed by atoms with Crippen LogP contribution in [0, 0.1) is 0 Å². The number of carbonyl (C=O) groups excluding carboxylic acids is 2. The van der Waals surface area contributed by atoms with Gasteiger partial charge in [-0.05, 0) is 36.1 Å². The van der Waals surface area contributed by atoms with Crippen molar-refractivity contribution >= 4 is 41.2 Å². The van der Waals surface area contributed by atoms with Gasteiger partial charge in [0, 0.05) is 6.04 Å². The summed E-state index contributed by atoms with van der Waals surface area (Å²) < 4.78 is 5.69.